The number of hydrogen-bond acceptors (Lipinski definition) is 1. The molecule has 2 heteroatoms. The van der Waals surface area contributed by atoms with Gasteiger partial charge < -0.3 is 4.79 Å². The zero-order valence-corrected chi connectivity index (χ0v) is 17.0. The topological polar surface area (TPSA) is 17.1 Å². The molecule has 0 N–H and O–H groups in total. The van der Waals surface area contributed by atoms with E-state index in [1.54, 1.807) is 0 Å². The SMILES string of the molecule is CCCCCC[C@@H](C#C[Si](C(C)C)(C(C)C)C(C)C)CC=O. The van der Waals surface area contributed by atoms with Crippen LogP contribution in [0.25, 0.3) is 0 Å². The van der Waals surface area contributed by atoms with Crippen molar-refractivity contribution >= 4 is 14.4 Å². The second-order valence-electron chi connectivity index (χ2n) is 7.62. The Labute approximate surface area is 140 Å². The van der Waals surface area contributed by atoms with Crippen LogP contribution in [-0.2, 0) is 4.79 Å². The van der Waals surface area contributed by atoms with Crippen LogP contribution in [0.2, 0.25) is 16.6 Å². The van der Waals surface area contributed by atoms with Gasteiger partial charge in [0.25, 0.3) is 0 Å². The summed E-state index contributed by atoms with van der Waals surface area (Å²) in [6.45, 7) is 16.3. The first-order chi connectivity index (χ1) is 10.3. The van der Waals surface area contributed by atoms with E-state index >= 15 is 0 Å². The van der Waals surface area contributed by atoms with E-state index in [9.17, 15) is 4.79 Å². The molecule has 0 aliphatic heterocycles. The first kappa shape index (κ1) is 21.4. The number of hydrogen-bond donors (Lipinski definition) is 0. The lowest BCUT2D eigenvalue weighted by Crippen LogP contribution is -2.43. The van der Waals surface area contributed by atoms with Crippen molar-refractivity contribution < 1.29 is 4.79 Å². The van der Waals surface area contributed by atoms with Crippen LogP contribution in [0.3, 0.4) is 0 Å². The van der Waals surface area contributed by atoms with E-state index in [2.05, 4.69) is 59.9 Å². The van der Waals surface area contributed by atoms with E-state index in [1.807, 2.05) is 0 Å². The van der Waals surface area contributed by atoms with Crippen LogP contribution in [0.5, 0.6) is 0 Å². The van der Waals surface area contributed by atoms with Crippen LogP contribution in [0.15, 0.2) is 0 Å². The molecule has 0 saturated carbocycles. The molecular formula is C20H38OSi. The van der Waals surface area contributed by atoms with Gasteiger partial charge in [-0.05, 0) is 23.0 Å². The second-order valence-corrected chi connectivity index (χ2v) is 13.2. The van der Waals surface area contributed by atoms with Crippen molar-refractivity contribution in [2.45, 2.75) is 104 Å². The number of unbranched alkanes of at least 4 members (excludes halogenated alkanes) is 3. The number of carbonyl (C=O) groups is 1. The molecule has 0 unspecified atom stereocenters. The Morgan fingerprint density at radius 1 is 0.909 bits per heavy atom. The van der Waals surface area contributed by atoms with Gasteiger partial charge in [0.05, 0.1) is 0 Å². The van der Waals surface area contributed by atoms with Gasteiger partial charge in [0.15, 0.2) is 0 Å². The summed E-state index contributed by atoms with van der Waals surface area (Å²) in [6, 6.07) is 0. The average molecular weight is 323 g/mol. The molecule has 0 spiro atoms. The summed E-state index contributed by atoms with van der Waals surface area (Å²) in [5.41, 5.74) is 5.78. The first-order valence-electron chi connectivity index (χ1n) is 9.29. The largest absolute Gasteiger partial charge is 0.303 e. The smallest absolute Gasteiger partial charge is 0.145 e. The number of rotatable bonds is 10. The molecule has 0 aromatic rings. The molecule has 0 aliphatic carbocycles. The van der Waals surface area contributed by atoms with Crippen LogP contribution in [0.1, 0.15) is 87.0 Å². The van der Waals surface area contributed by atoms with Crippen molar-refractivity contribution in [2.75, 3.05) is 0 Å². The van der Waals surface area contributed by atoms with E-state index in [0.717, 1.165) is 12.7 Å². The number of carbonyl (C=O) groups excluding carboxylic acids is 1. The molecule has 0 radical (unpaired) electrons. The van der Waals surface area contributed by atoms with E-state index in [4.69, 9.17) is 0 Å². The van der Waals surface area contributed by atoms with E-state index in [0.29, 0.717) is 23.0 Å². The minimum Gasteiger partial charge on any atom is -0.303 e. The summed E-state index contributed by atoms with van der Waals surface area (Å²) in [5, 5.41) is 0. The zero-order chi connectivity index (χ0) is 17.2. The van der Waals surface area contributed by atoms with Crippen LogP contribution in [0, 0.1) is 17.4 Å². The quantitative estimate of drug-likeness (QED) is 0.197. The zero-order valence-electron chi connectivity index (χ0n) is 16.0. The van der Waals surface area contributed by atoms with Gasteiger partial charge in [-0.2, -0.15) is 0 Å². The van der Waals surface area contributed by atoms with Gasteiger partial charge in [-0.3, -0.25) is 0 Å². The summed E-state index contributed by atoms with van der Waals surface area (Å²) in [5.74, 6) is 3.84. The number of aldehydes is 1. The van der Waals surface area contributed by atoms with Crippen LogP contribution >= 0.6 is 0 Å². The van der Waals surface area contributed by atoms with Gasteiger partial charge in [-0.25, -0.2) is 0 Å². The summed E-state index contributed by atoms with van der Waals surface area (Å²) in [7, 11) is -1.65. The molecule has 0 rings (SSSR count). The Kier molecular flexibility index (Phi) is 10.8. The molecule has 0 fully saturated rings. The summed E-state index contributed by atoms with van der Waals surface area (Å²) in [4.78, 5) is 11.0. The highest BCUT2D eigenvalue weighted by atomic mass is 28.3. The molecule has 0 saturated heterocycles. The van der Waals surface area contributed by atoms with Gasteiger partial charge in [0, 0.05) is 12.3 Å². The van der Waals surface area contributed by atoms with Crippen molar-refractivity contribution in [1.29, 1.82) is 0 Å². The molecule has 0 aliphatic rings. The molecule has 128 valence electrons. The van der Waals surface area contributed by atoms with Crippen LogP contribution in [-0.4, -0.2) is 14.4 Å². The molecule has 22 heavy (non-hydrogen) atoms. The molecule has 0 heterocycles. The molecule has 0 aromatic heterocycles. The molecule has 1 nitrogen and oxygen atoms in total. The van der Waals surface area contributed by atoms with Crippen molar-refractivity contribution in [2.24, 2.45) is 5.92 Å². The third kappa shape index (κ3) is 6.29. The third-order valence-corrected chi connectivity index (χ3v) is 11.5. The lowest BCUT2D eigenvalue weighted by atomic mass is 9.99. The highest BCUT2D eigenvalue weighted by molar-refractivity contribution is 6.90. The predicted octanol–water partition coefficient (Wildman–Crippen LogP) is 6.38. The Bertz CT molecular complexity index is 338. The predicted molar refractivity (Wildman–Crippen MR) is 102 cm³/mol. The lowest BCUT2D eigenvalue weighted by Gasteiger charge is -2.38. The summed E-state index contributed by atoms with van der Waals surface area (Å²) >= 11 is 0. The van der Waals surface area contributed by atoms with E-state index in [-0.39, 0.29) is 5.92 Å². The van der Waals surface area contributed by atoms with Gasteiger partial charge in [0.2, 0.25) is 0 Å². The van der Waals surface area contributed by atoms with Gasteiger partial charge >= 0.3 is 0 Å². The molecular weight excluding hydrogens is 284 g/mol. The normalized spacial score (nSPS) is 13.4. The van der Waals surface area contributed by atoms with Crippen molar-refractivity contribution in [1.82, 2.24) is 0 Å². The minimum absolute atomic E-state index is 0.275. The van der Waals surface area contributed by atoms with Gasteiger partial charge in [-0.1, -0.05) is 74.1 Å². The second kappa shape index (κ2) is 11.1. The third-order valence-electron chi connectivity index (χ3n) is 5.15. The molecule has 0 bridgehead atoms. The Hall–Kier alpha value is -0.553. The standard InChI is InChI=1S/C20H38OSi/c1-8-9-10-11-12-20(13-15-21)14-16-22(17(2)3,18(4)5)19(6)7/h15,17-20H,8-13H2,1-7H3/t20-/m1/s1. The van der Waals surface area contributed by atoms with Gasteiger partial charge in [-0.15, -0.1) is 11.5 Å². The lowest BCUT2D eigenvalue weighted by molar-refractivity contribution is -0.108. The first-order valence-corrected chi connectivity index (χ1v) is 11.5. The monoisotopic (exact) mass is 322 g/mol. The van der Waals surface area contributed by atoms with Gasteiger partial charge in [0.1, 0.15) is 14.4 Å². The fraction of sp³-hybridized carbons (Fsp3) is 0.850. The fourth-order valence-corrected chi connectivity index (χ4v) is 9.16. The molecule has 0 amide bonds. The molecule has 1 atom stereocenters. The van der Waals surface area contributed by atoms with Crippen molar-refractivity contribution in [3.05, 3.63) is 0 Å². The maximum absolute atomic E-state index is 11.0. The van der Waals surface area contributed by atoms with Crippen LogP contribution < -0.4 is 0 Å². The average Bonchev–Trinajstić information content (AvgIpc) is 2.42. The fourth-order valence-electron chi connectivity index (χ4n) is 3.84. The Morgan fingerprint density at radius 3 is 1.86 bits per heavy atom. The highest BCUT2D eigenvalue weighted by Gasteiger charge is 2.41. The van der Waals surface area contributed by atoms with E-state index in [1.165, 1.54) is 25.7 Å². The molecule has 0 aromatic carbocycles. The van der Waals surface area contributed by atoms with Crippen molar-refractivity contribution in [3.8, 4) is 11.5 Å². The van der Waals surface area contributed by atoms with Crippen molar-refractivity contribution in [3.63, 3.8) is 0 Å². The minimum atomic E-state index is -1.65. The Balaban J connectivity index is 5.13. The summed E-state index contributed by atoms with van der Waals surface area (Å²) in [6.07, 6.45) is 7.79. The Morgan fingerprint density at radius 2 is 1.45 bits per heavy atom. The van der Waals surface area contributed by atoms with Crippen LogP contribution in [0.4, 0.5) is 0 Å². The maximum atomic E-state index is 11.0. The summed E-state index contributed by atoms with van der Waals surface area (Å²) < 4.78 is 0. The maximum Gasteiger partial charge on any atom is 0.145 e. The van der Waals surface area contributed by atoms with E-state index < -0.39 is 8.07 Å². The highest BCUT2D eigenvalue weighted by Crippen LogP contribution is 2.40.